The third-order valence-electron chi connectivity index (χ3n) is 4.00. The van der Waals surface area contributed by atoms with Crippen LogP contribution in [0.15, 0.2) is 28.7 Å². The number of rotatable bonds is 2. The van der Waals surface area contributed by atoms with E-state index in [9.17, 15) is 4.79 Å². The highest BCUT2D eigenvalue weighted by Crippen LogP contribution is 2.35. The van der Waals surface area contributed by atoms with Crippen LogP contribution in [-0.2, 0) is 10.2 Å². The molecule has 0 spiro atoms. The first-order chi connectivity index (χ1) is 8.57. The average Bonchev–Trinajstić information content (AvgIpc) is 2.52. The zero-order valence-electron chi connectivity index (χ0n) is 10.7. The molecule has 0 bridgehead atoms. The number of nitrogens with two attached hydrogens (primary N) is 1. The minimum absolute atomic E-state index is 0.0653. The molecule has 0 aromatic heterocycles. The Morgan fingerprint density at radius 2 is 2.22 bits per heavy atom. The summed E-state index contributed by atoms with van der Waals surface area (Å²) >= 11 is 3.51. The number of carbonyl (C=O) groups is 1. The summed E-state index contributed by atoms with van der Waals surface area (Å²) in [5.74, 6) is 0.223. The van der Waals surface area contributed by atoms with Gasteiger partial charge in [-0.2, -0.15) is 0 Å². The number of hydrogen-bond acceptors (Lipinski definition) is 2. The van der Waals surface area contributed by atoms with E-state index in [0.717, 1.165) is 23.9 Å². The van der Waals surface area contributed by atoms with Crippen molar-refractivity contribution in [3.63, 3.8) is 0 Å². The zero-order valence-corrected chi connectivity index (χ0v) is 12.2. The fourth-order valence-electron chi connectivity index (χ4n) is 2.60. The van der Waals surface area contributed by atoms with E-state index in [0.29, 0.717) is 13.0 Å². The van der Waals surface area contributed by atoms with Crippen LogP contribution in [0.2, 0.25) is 0 Å². The molecular weight excluding hydrogens is 292 g/mol. The van der Waals surface area contributed by atoms with E-state index in [2.05, 4.69) is 28.1 Å². The Kier molecular flexibility index (Phi) is 4.07. The summed E-state index contributed by atoms with van der Waals surface area (Å²) in [6.45, 7) is 1.37. The van der Waals surface area contributed by atoms with Crippen LogP contribution in [0, 0.1) is 0 Å². The van der Waals surface area contributed by atoms with Crippen LogP contribution in [0.25, 0.3) is 0 Å². The monoisotopic (exact) mass is 310 g/mol. The number of likely N-dealkylation sites (tertiary alicyclic amines) is 1. The highest BCUT2D eigenvalue weighted by atomic mass is 79.9. The van der Waals surface area contributed by atoms with Crippen LogP contribution >= 0.6 is 15.9 Å². The van der Waals surface area contributed by atoms with Gasteiger partial charge in [-0.05, 0) is 30.5 Å². The van der Waals surface area contributed by atoms with E-state index >= 15 is 0 Å². The normalized spacial score (nSPS) is 25.1. The van der Waals surface area contributed by atoms with Crippen LogP contribution in [-0.4, -0.2) is 30.9 Å². The summed E-state index contributed by atoms with van der Waals surface area (Å²) < 4.78 is 1.07. The van der Waals surface area contributed by atoms with Crippen LogP contribution < -0.4 is 5.73 Å². The molecule has 1 fully saturated rings. The van der Waals surface area contributed by atoms with E-state index in [-0.39, 0.29) is 11.3 Å². The number of nitrogens with zero attached hydrogens (tertiary/aromatic N) is 1. The molecule has 0 radical (unpaired) electrons. The smallest absolute Gasteiger partial charge is 0.222 e. The molecule has 1 aromatic carbocycles. The van der Waals surface area contributed by atoms with Crippen LogP contribution in [0.3, 0.4) is 0 Å². The summed E-state index contributed by atoms with van der Waals surface area (Å²) in [5, 5.41) is 0. The first-order valence-electron chi connectivity index (χ1n) is 6.27. The Balaban J connectivity index is 2.33. The van der Waals surface area contributed by atoms with Crippen molar-refractivity contribution in [1.82, 2.24) is 4.90 Å². The molecule has 98 valence electrons. The fraction of sp³-hybridized carbons (Fsp3) is 0.500. The third kappa shape index (κ3) is 2.59. The van der Waals surface area contributed by atoms with E-state index in [4.69, 9.17) is 5.73 Å². The Morgan fingerprint density at radius 1 is 1.44 bits per heavy atom. The highest BCUT2D eigenvalue weighted by Gasteiger charge is 2.34. The minimum Gasteiger partial charge on any atom is -0.346 e. The molecule has 1 aliphatic rings. The molecule has 1 saturated heterocycles. The van der Waals surface area contributed by atoms with Crippen LogP contribution in [0.5, 0.6) is 0 Å². The molecule has 1 aromatic rings. The maximum Gasteiger partial charge on any atom is 0.222 e. The Morgan fingerprint density at radius 3 is 2.89 bits per heavy atom. The summed E-state index contributed by atoms with van der Waals surface area (Å²) in [6.07, 6.45) is 2.35. The van der Waals surface area contributed by atoms with Crippen LogP contribution in [0.1, 0.15) is 24.8 Å². The molecule has 18 heavy (non-hydrogen) atoms. The Hall–Kier alpha value is -0.870. The molecule has 1 heterocycles. The number of halogens is 1. The van der Waals surface area contributed by atoms with E-state index < -0.39 is 0 Å². The quantitative estimate of drug-likeness (QED) is 0.911. The zero-order chi connectivity index (χ0) is 13.2. The maximum atomic E-state index is 11.8. The molecule has 2 rings (SSSR count). The van der Waals surface area contributed by atoms with Gasteiger partial charge in [0, 0.05) is 36.4 Å². The second-order valence-corrected chi connectivity index (χ2v) is 5.98. The number of hydrogen-bond donors (Lipinski definition) is 1. The molecule has 1 unspecified atom stereocenters. The average molecular weight is 311 g/mol. The summed E-state index contributed by atoms with van der Waals surface area (Å²) in [5.41, 5.74) is 7.21. The van der Waals surface area contributed by atoms with E-state index in [1.54, 1.807) is 0 Å². The highest BCUT2D eigenvalue weighted by molar-refractivity contribution is 9.10. The molecular formula is C14H19BrN2O. The number of amides is 1. The van der Waals surface area contributed by atoms with Crippen molar-refractivity contribution in [3.8, 4) is 0 Å². The van der Waals surface area contributed by atoms with Gasteiger partial charge in [-0.25, -0.2) is 0 Å². The lowest BCUT2D eigenvalue weighted by Gasteiger charge is -2.32. The Labute approximate surface area is 116 Å². The van der Waals surface area contributed by atoms with E-state index in [1.165, 1.54) is 5.56 Å². The van der Waals surface area contributed by atoms with Crippen molar-refractivity contribution < 1.29 is 4.79 Å². The SMILES string of the molecule is CN1CCC(CN)(c2cccc(Br)c2)CCC1=O. The minimum atomic E-state index is -0.0653. The van der Waals surface area contributed by atoms with Gasteiger partial charge in [-0.3, -0.25) is 4.79 Å². The van der Waals surface area contributed by atoms with Gasteiger partial charge in [0.05, 0.1) is 0 Å². The summed E-state index contributed by atoms with van der Waals surface area (Å²) in [4.78, 5) is 13.6. The summed E-state index contributed by atoms with van der Waals surface area (Å²) in [7, 11) is 1.87. The largest absolute Gasteiger partial charge is 0.346 e. The molecule has 3 nitrogen and oxygen atoms in total. The number of carbonyl (C=O) groups excluding carboxylic acids is 1. The Bertz CT molecular complexity index is 449. The third-order valence-corrected chi connectivity index (χ3v) is 4.49. The molecule has 0 saturated carbocycles. The van der Waals surface area contributed by atoms with Gasteiger partial charge >= 0.3 is 0 Å². The molecule has 1 amide bonds. The predicted octanol–water partition coefficient (Wildman–Crippen LogP) is 2.29. The van der Waals surface area contributed by atoms with Gasteiger partial charge < -0.3 is 10.6 Å². The molecule has 0 aliphatic carbocycles. The first kappa shape index (κ1) is 13.6. The van der Waals surface area contributed by atoms with Gasteiger partial charge in [0.1, 0.15) is 0 Å². The second-order valence-electron chi connectivity index (χ2n) is 5.06. The lowest BCUT2D eigenvalue weighted by atomic mass is 9.74. The van der Waals surface area contributed by atoms with E-state index in [1.807, 2.05) is 24.1 Å². The predicted molar refractivity (Wildman–Crippen MR) is 76.4 cm³/mol. The molecule has 1 aliphatic heterocycles. The van der Waals surface area contributed by atoms with Gasteiger partial charge in [0.2, 0.25) is 5.91 Å². The van der Waals surface area contributed by atoms with Crippen molar-refractivity contribution in [1.29, 1.82) is 0 Å². The number of benzene rings is 1. The first-order valence-corrected chi connectivity index (χ1v) is 7.07. The van der Waals surface area contributed by atoms with Gasteiger partial charge in [0.25, 0.3) is 0 Å². The van der Waals surface area contributed by atoms with Crippen molar-refractivity contribution in [3.05, 3.63) is 34.3 Å². The van der Waals surface area contributed by atoms with Crippen molar-refractivity contribution in [2.24, 2.45) is 5.73 Å². The van der Waals surface area contributed by atoms with Crippen molar-refractivity contribution in [2.45, 2.75) is 24.7 Å². The van der Waals surface area contributed by atoms with Crippen LogP contribution in [0.4, 0.5) is 0 Å². The van der Waals surface area contributed by atoms with Gasteiger partial charge in [-0.15, -0.1) is 0 Å². The molecule has 2 N–H and O–H groups in total. The lowest BCUT2D eigenvalue weighted by Crippen LogP contribution is -2.36. The van der Waals surface area contributed by atoms with Crippen molar-refractivity contribution in [2.75, 3.05) is 20.1 Å². The summed E-state index contributed by atoms with van der Waals surface area (Å²) in [6, 6.07) is 8.30. The molecule has 1 atom stereocenters. The van der Waals surface area contributed by atoms with Gasteiger partial charge in [0.15, 0.2) is 0 Å². The maximum absolute atomic E-state index is 11.8. The van der Waals surface area contributed by atoms with Gasteiger partial charge in [-0.1, -0.05) is 28.1 Å². The lowest BCUT2D eigenvalue weighted by molar-refractivity contribution is -0.129. The standard InChI is InChI=1S/C14H19BrN2O/c1-17-8-7-14(10-16,6-5-13(17)18)11-3-2-4-12(15)9-11/h2-4,9H,5-8,10,16H2,1H3. The topological polar surface area (TPSA) is 46.3 Å². The van der Waals surface area contributed by atoms with Crippen molar-refractivity contribution >= 4 is 21.8 Å². The fourth-order valence-corrected chi connectivity index (χ4v) is 3.00. The molecule has 4 heteroatoms. The second kappa shape index (κ2) is 5.41.